The van der Waals surface area contributed by atoms with Crippen molar-refractivity contribution in [3.8, 4) is 11.5 Å². The van der Waals surface area contributed by atoms with Crippen LogP contribution in [0.2, 0.25) is 0 Å². The van der Waals surface area contributed by atoms with Gasteiger partial charge in [0.15, 0.2) is 10.3 Å². The summed E-state index contributed by atoms with van der Waals surface area (Å²) < 4.78 is 10.3. The fourth-order valence-electron chi connectivity index (χ4n) is 3.71. The average Bonchev–Trinajstić information content (AvgIpc) is 2.96. The number of aliphatic imine (C=N–C) groups is 2. The number of rotatable bonds is 13. The summed E-state index contributed by atoms with van der Waals surface area (Å²) in [6.07, 6.45) is 1.84. The number of aliphatic hydroxyl groups is 2. The molecule has 14 heteroatoms. The van der Waals surface area contributed by atoms with Crippen molar-refractivity contribution >= 4 is 55.8 Å². The minimum Gasteiger partial charge on any atom is -0.497 e. The van der Waals surface area contributed by atoms with Crippen molar-refractivity contribution in [2.24, 2.45) is 21.5 Å². The number of ether oxygens (including phenoxy) is 2. The second-order valence-electron chi connectivity index (χ2n) is 8.86. The first-order chi connectivity index (χ1) is 20.1. The molecule has 0 spiro atoms. The third kappa shape index (κ3) is 11.3. The van der Waals surface area contributed by atoms with Gasteiger partial charge in [-0.05, 0) is 84.6 Å². The Bertz CT molecular complexity index is 1220. The molecule has 2 aromatic carbocycles. The number of thioether (sulfide) groups is 2. The molecule has 226 valence electrons. The van der Waals surface area contributed by atoms with Crippen molar-refractivity contribution in [3.63, 3.8) is 0 Å². The number of amides is 2. The molecule has 2 unspecified atom stereocenters. The molecule has 8 N–H and O–H groups in total. The van der Waals surface area contributed by atoms with E-state index in [1.54, 1.807) is 48.5 Å². The summed E-state index contributed by atoms with van der Waals surface area (Å²) in [5.74, 6) is -1.97. The molecule has 0 aliphatic carbocycles. The molecule has 0 fully saturated rings. The number of carbonyl (C=O) groups is 2. The van der Waals surface area contributed by atoms with Gasteiger partial charge in [0.25, 0.3) is 11.8 Å². The zero-order valence-corrected chi connectivity index (χ0v) is 25.0. The molecule has 2 amide bonds. The normalized spacial score (nSPS) is 13.2. The summed E-state index contributed by atoms with van der Waals surface area (Å²) in [4.78, 5) is 32.8. The van der Waals surface area contributed by atoms with E-state index < -0.39 is 36.9 Å². The van der Waals surface area contributed by atoms with Gasteiger partial charge in [0.2, 0.25) is 0 Å². The number of hydrogen-bond acceptors (Lipinski definition) is 10. The highest BCUT2D eigenvalue weighted by Crippen LogP contribution is 2.24. The van der Waals surface area contributed by atoms with Gasteiger partial charge in [-0.25, -0.2) is 0 Å². The summed E-state index contributed by atoms with van der Waals surface area (Å²) in [6.45, 7) is -0.912. The van der Waals surface area contributed by atoms with Crippen LogP contribution in [0.3, 0.4) is 0 Å². The van der Waals surface area contributed by atoms with E-state index in [2.05, 4.69) is 9.98 Å². The molecule has 2 atom stereocenters. The fourth-order valence-corrected chi connectivity index (χ4v) is 4.98. The summed E-state index contributed by atoms with van der Waals surface area (Å²) in [7, 11) is 3.00. The van der Waals surface area contributed by atoms with Gasteiger partial charge in [-0.3, -0.25) is 20.4 Å². The van der Waals surface area contributed by atoms with Gasteiger partial charge in [0.1, 0.15) is 11.5 Å². The fraction of sp³-hybridized carbons (Fsp3) is 0.357. The summed E-state index contributed by atoms with van der Waals surface area (Å²) in [5, 5.41) is 35.9. The molecule has 0 radical (unpaired) electrons. The van der Waals surface area contributed by atoms with Crippen LogP contribution in [0, 0.1) is 10.8 Å². The molecule has 2 rings (SSSR count). The van der Waals surface area contributed by atoms with Gasteiger partial charge in [-0.15, -0.1) is 0 Å². The highest BCUT2D eigenvalue weighted by atomic mass is 32.2. The van der Waals surface area contributed by atoms with Crippen LogP contribution in [0.15, 0.2) is 58.5 Å². The van der Waals surface area contributed by atoms with Crippen LogP contribution >= 0.6 is 23.5 Å². The van der Waals surface area contributed by atoms with Crippen LogP contribution in [0.1, 0.15) is 48.6 Å². The molecular formula is C28H36N6O6S2. The number of nitrogens with one attached hydrogen (secondary N) is 2. The van der Waals surface area contributed by atoms with E-state index in [-0.39, 0.29) is 20.4 Å². The smallest absolute Gasteiger partial charge is 0.257 e. The van der Waals surface area contributed by atoms with Gasteiger partial charge < -0.3 is 31.2 Å². The number of amidine groups is 2. The van der Waals surface area contributed by atoms with Gasteiger partial charge in [-0.2, -0.15) is 9.98 Å². The van der Waals surface area contributed by atoms with Crippen molar-refractivity contribution in [2.75, 3.05) is 27.4 Å². The number of aliphatic hydroxyl groups excluding tert-OH is 2. The summed E-state index contributed by atoms with van der Waals surface area (Å²) in [5.41, 5.74) is 12.8. The lowest BCUT2D eigenvalue weighted by Crippen LogP contribution is -2.19. The van der Waals surface area contributed by atoms with Gasteiger partial charge in [0, 0.05) is 0 Å². The Balaban J connectivity index is 1.79. The third-order valence-electron chi connectivity index (χ3n) is 5.91. The van der Waals surface area contributed by atoms with Gasteiger partial charge in [-0.1, -0.05) is 24.3 Å². The van der Waals surface area contributed by atoms with Crippen molar-refractivity contribution in [2.45, 2.75) is 37.5 Å². The van der Waals surface area contributed by atoms with Crippen molar-refractivity contribution in [1.29, 1.82) is 10.8 Å². The lowest BCUT2D eigenvalue weighted by atomic mass is 9.99. The highest BCUT2D eigenvalue weighted by molar-refractivity contribution is 8.26. The van der Waals surface area contributed by atoms with Crippen molar-refractivity contribution in [1.82, 2.24) is 0 Å². The first kappa shape index (κ1) is 34.5. The van der Waals surface area contributed by atoms with Crippen LogP contribution in [-0.4, -0.2) is 69.9 Å². The lowest BCUT2D eigenvalue weighted by molar-refractivity contribution is -0.120. The molecule has 0 saturated carbocycles. The second kappa shape index (κ2) is 18.0. The first-order valence-corrected chi connectivity index (χ1v) is 14.5. The topological polar surface area (TPSA) is 218 Å². The number of carbonyl (C=O) groups excluding carboxylic acids is 2. The monoisotopic (exact) mass is 616 g/mol. The molecule has 2 aromatic rings. The van der Waals surface area contributed by atoms with Crippen LogP contribution in [0.25, 0.3) is 0 Å². The standard InChI is InChI=1S/C28H36N6O6S2/c1-39-19-9-5-7-17(13-19)21(15-35)25(37)33-27(31)41-23(29)11-3-4-12-24(30)42-28(32)34-26(38)22(16-36)18-8-6-10-20(14-18)40-2/h5-10,13-14,21-22,29-30,35-36H,3-4,11-12,15-16H2,1-2H3,(H2,31,33,37)(H2,32,34,38). The van der Waals surface area contributed by atoms with E-state index >= 15 is 0 Å². The predicted octanol–water partition coefficient (Wildman–Crippen LogP) is 3.22. The zero-order valence-electron chi connectivity index (χ0n) is 23.4. The molecule has 0 saturated heterocycles. The Hall–Kier alpha value is -3.72. The SMILES string of the molecule is COc1cccc(C(CO)C(=O)N=C(N)SC(=N)CCCCC(=N)SC(N)=NC(=O)C(CO)c2cccc(OC)c2)c1. The molecule has 0 aliphatic rings. The molecule has 0 aromatic heterocycles. The average molecular weight is 617 g/mol. The predicted molar refractivity (Wildman–Crippen MR) is 168 cm³/mol. The number of hydrogen-bond donors (Lipinski definition) is 6. The van der Waals surface area contributed by atoms with E-state index in [1.807, 2.05) is 0 Å². The Labute approximate surface area is 253 Å². The van der Waals surface area contributed by atoms with E-state index in [1.165, 1.54) is 14.2 Å². The van der Waals surface area contributed by atoms with Crippen LogP contribution < -0.4 is 20.9 Å². The Kier molecular flexibility index (Phi) is 14.7. The minimum absolute atomic E-state index is 0.0987. The quantitative estimate of drug-likeness (QED) is 0.110. The van der Waals surface area contributed by atoms with Crippen molar-refractivity contribution < 1.29 is 29.3 Å². The minimum atomic E-state index is -0.903. The summed E-state index contributed by atoms with van der Waals surface area (Å²) >= 11 is 1.72. The maximum absolute atomic E-state index is 12.6. The molecule has 0 bridgehead atoms. The van der Waals surface area contributed by atoms with Gasteiger partial charge in [0.05, 0.1) is 49.4 Å². The third-order valence-corrected chi connectivity index (χ3v) is 7.41. The largest absolute Gasteiger partial charge is 0.497 e. The van der Waals surface area contributed by atoms with Crippen molar-refractivity contribution in [3.05, 3.63) is 59.7 Å². The lowest BCUT2D eigenvalue weighted by Gasteiger charge is -2.12. The highest BCUT2D eigenvalue weighted by Gasteiger charge is 2.22. The Morgan fingerprint density at radius 2 is 1.17 bits per heavy atom. The first-order valence-electron chi connectivity index (χ1n) is 12.9. The van der Waals surface area contributed by atoms with Gasteiger partial charge >= 0.3 is 0 Å². The van der Waals surface area contributed by atoms with E-state index in [0.29, 0.717) is 48.3 Å². The zero-order chi connectivity index (χ0) is 31.1. The van der Waals surface area contributed by atoms with Crippen LogP contribution in [-0.2, 0) is 9.59 Å². The molecule has 0 aliphatic heterocycles. The maximum atomic E-state index is 12.6. The molecule has 12 nitrogen and oxygen atoms in total. The van der Waals surface area contributed by atoms with E-state index in [0.717, 1.165) is 23.5 Å². The summed E-state index contributed by atoms with van der Waals surface area (Å²) in [6, 6.07) is 13.5. The number of nitrogens with zero attached hydrogens (tertiary/aromatic N) is 2. The van der Waals surface area contributed by atoms with E-state index in [4.69, 9.17) is 31.8 Å². The van der Waals surface area contributed by atoms with Crippen LogP contribution in [0.4, 0.5) is 0 Å². The Morgan fingerprint density at radius 1 is 0.786 bits per heavy atom. The maximum Gasteiger partial charge on any atom is 0.257 e. The number of benzene rings is 2. The van der Waals surface area contributed by atoms with E-state index in [9.17, 15) is 19.8 Å². The molecule has 42 heavy (non-hydrogen) atoms. The molecular weight excluding hydrogens is 580 g/mol. The number of unbranched alkanes of at least 4 members (excludes halogenated alkanes) is 1. The Morgan fingerprint density at radius 3 is 1.50 bits per heavy atom. The number of methoxy groups -OCH3 is 2. The number of nitrogens with two attached hydrogens (primary N) is 2. The molecule has 0 heterocycles. The van der Waals surface area contributed by atoms with Crippen LogP contribution in [0.5, 0.6) is 11.5 Å². The second-order valence-corrected chi connectivity index (χ2v) is 11.1.